The van der Waals surface area contributed by atoms with Crippen molar-refractivity contribution in [2.45, 2.75) is 84.5 Å². The second kappa shape index (κ2) is 12.2. The molecule has 0 bridgehead atoms. The van der Waals surface area contributed by atoms with E-state index < -0.39 is 0 Å². The largest absolute Gasteiger partial charge is 0.0995 e. The zero-order valence-corrected chi connectivity index (χ0v) is 20.8. The second-order valence-corrected chi connectivity index (χ2v) is 10.1. The van der Waals surface area contributed by atoms with E-state index in [1.165, 1.54) is 79.2 Å². The first-order valence-corrected chi connectivity index (χ1v) is 13.0. The summed E-state index contributed by atoms with van der Waals surface area (Å²) in [5, 5.41) is 0. The van der Waals surface area contributed by atoms with Crippen LogP contribution in [0, 0.1) is 24.7 Å². The first-order chi connectivity index (χ1) is 15.5. The van der Waals surface area contributed by atoms with Crippen molar-refractivity contribution in [3.05, 3.63) is 90.0 Å². The lowest BCUT2D eigenvalue weighted by Gasteiger charge is -2.42. The number of hydrogen-bond donors (Lipinski definition) is 0. The summed E-state index contributed by atoms with van der Waals surface area (Å²) in [6, 6.07) is 19.9. The lowest BCUT2D eigenvalue weighted by molar-refractivity contribution is 0.219. The molecule has 0 aliphatic heterocycles. The van der Waals surface area contributed by atoms with Crippen LogP contribution in [0.25, 0.3) is 5.57 Å². The Balaban J connectivity index is 2.04. The average Bonchev–Trinajstić information content (AvgIpc) is 2.83. The molecule has 3 unspecified atom stereocenters. The summed E-state index contributed by atoms with van der Waals surface area (Å²) in [5.41, 5.74) is 6.89. The van der Waals surface area contributed by atoms with Gasteiger partial charge in [0.2, 0.25) is 0 Å². The summed E-state index contributed by atoms with van der Waals surface area (Å²) in [6.45, 7) is 16.5. The van der Waals surface area contributed by atoms with Crippen molar-refractivity contribution in [3.63, 3.8) is 0 Å². The zero-order chi connectivity index (χ0) is 22.9. The van der Waals surface area contributed by atoms with Crippen LogP contribution in [0.5, 0.6) is 0 Å². The van der Waals surface area contributed by atoms with Crippen LogP contribution in [0.1, 0.15) is 94.2 Å². The maximum absolute atomic E-state index is 4.79. The molecule has 32 heavy (non-hydrogen) atoms. The first kappa shape index (κ1) is 24.6. The van der Waals surface area contributed by atoms with Gasteiger partial charge >= 0.3 is 0 Å². The summed E-state index contributed by atoms with van der Waals surface area (Å²) in [7, 11) is 0. The van der Waals surface area contributed by atoms with Gasteiger partial charge in [-0.2, -0.15) is 0 Å². The third kappa shape index (κ3) is 6.03. The Morgan fingerprint density at radius 2 is 1.56 bits per heavy atom. The monoisotopic (exact) mass is 428 g/mol. The minimum absolute atomic E-state index is 0.385. The molecule has 0 N–H and O–H groups in total. The van der Waals surface area contributed by atoms with E-state index in [-0.39, 0.29) is 0 Å². The maximum Gasteiger partial charge on any atom is -0.00274 e. The number of aryl methyl sites for hydroxylation is 1. The highest BCUT2D eigenvalue weighted by molar-refractivity contribution is 5.69. The quantitative estimate of drug-likeness (QED) is 0.247. The van der Waals surface area contributed by atoms with Gasteiger partial charge in [-0.25, -0.2) is 0 Å². The van der Waals surface area contributed by atoms with Gasteiger partial charge in [0.15, 0.2) is 0 Å². The number of rotatable bonds is 11. The molecule has 1 aliphatic carbocycles. The van der Waals surface area contributed by atoms with Crippen LogP contribution in [0.2, 0.25) is 0 Å². The zero-order valence-electron chi connectivity index (χ0n) is 20.8. The van der Waals surface area contributed by atoms with Gasteiger partial charge in [0.25, 0.3) is 0 Å². The fourth-order valence-electron chi connectivity index (χ4n) is 6.05. The van der Waals surface area contributed by atoms with Crippen LogP contribution in [0.3, 0.4) is 0 Å². The van der Waals surface area contributed by atoms with Gasteiger partial charge in [-0.05, 0) is 78.5 Å². The highest BCUT2D eigenvalue weighted by Gasteiger charge is 2.37. The molecule has 1 saturated carbocycles. The Hall–Kier alpha value is -2.08. The van der Waals surface area contributed by atoms with Crippen LogP contribution in [0.4, 0.5) is 0 Å². The van der Waals surface area contributed by atoms with Crippen LogP contribution >= 0.6 is 0 Å². The molecule has 0 spiro atoms. The van der Waals surface area contributed by atoms with E-state index >= 15 is 0 Å². The van der Waals surface area contributed by atoms with Gasteiger partial charge in [0, 0.05) is 0 Å². The van der Waals surface area contributed by atoms with E-state index in [1.54, 1.807) is 0 Å². The first-order valence-electron chi connectivity index (χ1n) is 13.0. The second-order valence-electron chi connectivity index (χ2n) is 10.1. The molecular formula is C32H44. The maximum atomic E-state index is 4.79. The molecule has 0 nitrogen and oxygen atoms in total. The average molecular weight is 429 g/mol. The van der Waals surface area contributed by atoms with Crippen molar-refractivity contribution in [3.8, 4) is 0 Å². The Labute approximate surface area is 197 Å². The summed E-state index contributed by atoms with van der Waals surface area (Å²) in [4.78, 5) is 0. The highest BCUT2D eigenvalue weighted by Crippen LogP contribution is 2.49. The number of hydrogen-bond acceptors (Lipinski definition) is 0. The number of benzene rings is 2. The van der Waals surface area contributed by atoms with Gasteiger partial charge in [-0.15, -0.1) is 0 Å². The molecular weight excluding hydrogens is 384 g/mol. The minimum atomic E-state index is 0.385. The molecule has 3 rings (SSSR count). The standard InChI is InChI=1S/C32H44/c1-6-7-10-18-25(3)31(29-21-13-9-14-22-29)32(26(4)28-19-11-8-12-20-28)27(5)30-23-16-15-17-24(30)2/h8,11-12,15-17,19-20,23,26,29,31-32H,3,5-7,9-10,13-14,18,21-22H2,1-2,4H3. The molecule has 0 saturated heterocycles. The van der Waals surface area contributed by atoms with E-state index in [2.05, 4.69) is 75.4 Å². The molecule has 0 heterocycles. The summed E-state index contributed by atoms with van der Waals surface area (Å²) < 4.78 is 0. The predicted molar refractivity (Wildman–Crippen MR) is 142 cm³/mol. The summed E-state index contributed by atoms with van der Waals surface area (Å²) >= 11 is 0. The van der Waals surface area contributed by atoms with E-state index in [1.807, 2.05) is 0 Å². The SMILES string of the molecule is C=C(CCCCC)C(C1CCCCC1)C(C(=C)c1ccccc1C)C(C)c1ccccc1. The Morgan fingerprint density at radius 1 is 0.906 bits per heavy atom. The van der Waals surface area contributed by atoms with Crippen LogP contribution in [-0.4, -0.2) is 0 Å². The fourth-order valence-corrected chi connectivity index (χ4v) is 6.05. The predicted octanol–water partition coefficient (Wildman–Crippen LogP) is 9.76. The number of allylic oxidation sites excluding steroid dienone is 2. The van der Waals surface area contributed by atoms with Crippen molar-refractivity contribution < 1.29 is 0 Å². The van der Waals surface area contributed by atoms with Crippen LogP contribution in [0.15, 0.2) is 73.3 Å². The molecule has 0 radical (unpaired) electrons. The van der Waals surface area contributed by atoms with E-state index in [0.29, 0.717) is 17.8 Å². The van der Waals surface area contributed by atoms with Crippen molar-refractivity contribution in [1.29, 1.82) is 0 Å². The molecule has 0 amide bonds. The Morgan fingerprint density at radius 3 is 2.22 bits per heavy atom. The summed E-state index contributed by atoms with van der Waals surface area (Å²) in [5.74, 6) is 2.04. The third-order valence-corrected chi connectivity index (χ3v) is 7.87. The van der Waals surface area contributed by atoms with E-state index in [4.69, 9.17) is 13.2 Å². The van der Waals surface area contributed by atoms with Gasteiger partial charge in [0.05, 0.1) is 0 Å². The van der Waals surface area contributed by atoms with Crippen LogP contribution < -0.4 is 0 Å². The number of unbranched alkanes of at least 4 members (excludes halogenated alkanes) is 2. The fraction of sp³-hybridized carbons (Fsp3) is 0.500. The molecule has 3 atom stereocenters. The Bertz CT molecular complexity index is 853. The van der Waals surface area contributed by atoms with E-state index in [0.717, 1.165) is 12.3 Å². The molecule has 2 aromatic carbocycles. The van der Waals surface area contributed by atoms with Crippen LogP contribution in [-0.2, 0) is 0 Å². The van der Waals surface area contributed by atoms with Crippen molar-refractivity contribution >= 4 is 5.57 Å². The highest BCUT2D eigenvalue weighted by atomic mass is 14.4. The molecule has 172 valence electrons. The normalized spacial score (nSPS) is 17.5. The smallest absolute Gasteiger partial charge is 0.00274 e. The van der Waals surface area contributed by atoms with Crippen molar-refractivity contribution in [2.75, 3.05) is 0 Å². The van der Waals surface area contributed by atoms with Gasteiger partial charge in [-0.1, -0.05) is 119 Å². The molecule has 0 heteroatoms. The molecule has 1 fully saturated rings. The molecule has 1 aliphatic rings. The van der Waals surface area contributed by atoms with Crippen molar-refractivity contribution in [2.24, 2.45) is 17.8 Å². The van der Waals surface area contributed by atoms with Gasteiger partial charge in [-0.3, -0.25) is 0 Å². The molecule has 0 aromatic heterocycles. The lowest BCUT2D eigenvalue weighted by atomic mass is 9.62. The minimum Gasteiger partial charge on any atom is -0.0995 e. The lowest BCUT2D eigenvalue weighted by Crippen LogP contribution is -2.31. The van der Waals surface area contributed by atoms with Crippen molar-refractivity contribution in [1.82, 2.24) is 0 Å². The Kier molecular flexibility index (Phi) is 9.39. The van der Waals surface area contributed by atoms with E-state index in [9.17, 15) is 0 Å². The molecule has 2 aromatic rings. The summed E-state index contributed by atoms with van der Waals surface area (Å²) in [6.07, 6.45) is 11.8. The third-order valence-electron chi connectivity index (χ3n) is 7.87. The van der Waals surface area contributed by atoms with Gasteiger partial charge in [0.1, 0.15) is 0 Å². The van der Waals surface area contributed by atoms with Gasteiger partial charge < -0.3 is 0 Å². The topological polar surface area (TPSA) is 0 Å².